The highest BCUT2D eigenvalue weighted by Gasteiger charge is 2.24. The van der Waals surface area contributed by atoms with E-state index in [0.717, 1.165) is 38.7 Å². The minimum Gasteiger partial charge on any atom is -0.337 e. The van der Waals surface area contributed by atoms with E-state index in [2.05, 4.69) is 23.2 Å². The molecule has 1 aliphatic rings. The van der Waals surface area contributed by atoms with Crippen LogP contribution in [0.4, 0.5) is 0 Å². The number of fused-ring (bicyclic) bond motifs is 2. The van der Waals surface area contributed by atoms with Gasteiger partial charge in [-0.15, -0.1) is 11.3 Å². The summed E-state index contributed by atoms with van der Waals surface area (Å²) >= 11 is 1.53. The van der Waals surface area contributed by atoms with E-state index in [4.69, 9.17) is 0 Å². The Bertz CT molecular complexity index is 1310. The second-order valence-electron chi connectivity index (χ2n) is 7.95. The Morgan fingerprint density at radius 1 is 1.06 bits per heavy atom. The molecule has 6 heteroatoms. The molecule has 0 radical (unpaired) electrons. The number of rotatable bonds is 4. The molecule has 154 valence electrons. The first kappa shape index (κ1) is 19.5. The Kier molecular flexibility index (Phi) is 4.79. The summed E-state index contributed by atoms with van der Waals surface area (Å²) in [7, 11) is 3.62. The van der Waals surface area contributed by atoms with Crippen molar-refractivity contribution >= 4 is 33.9 Å². The van der Waals surface area contributed by atoms with Crippen molar-refractivity contribution < 1.29 is 9.59 Å². The van der Waals surface area contributed by atoms with Crippen molar-refractivity contribution in [1.82, 2.24) is 14.8 Å². The first-order chi connectivity index (χ1) is 15.0. The molecule has 0 atom stereocenters. The monoisotopic (exact) mass is 427 g/mol. The summed E-state index contributed by atoms with van der Waals surface area (Å²) < 4.78 is 0. The van der Waals surface area contributed by atoms with Crippen molar-refractivity contribution in [2.24, 2.45) is 0 Å². The lowest BCUT2D eigenvalue weighted by Crippen LogP contribution is -2.26. The Morgan fingerprint density at radius 2 is 1.81 bits per heavy atom. The van der Waals surface area contributed by atoms with Gasteiger partial charge in [0, 0.05) is 37.1 Å². The van der Waals surface area contributed by atoms with Crippen LogP contribution in [0.3, 0.4) is 0 Å². The van der Waals surface area contributed by atoms with Crippen LogP contribution in [0.5, 0.6) is 0 Å². The van der Waals surface area contributed by atoms with Gasteiger partial charge in [0.05, 0.1) is 17.7 Å². The molecule has 0 bridgehead atoms. The van der Waals surface area contributed by atoms with Crippen LogP contribution in [0, 0.1) is 0 Å². The third-order valence-electron chi connectivity index (χ3n) is 5.74. The number of nitrogens with zero attached hydrogens (tertiary/aromatic N) is 3. The maximum Gasteiger partial charge on any atom is 0.254 e. The smallest absolute Gasteiger partial charge is 0.254 e. The van der Waals surface area contributed by atoms with Crippen molar-refractivity contribution in [3.05, 3.63) is 87.9 Å². The summed E-state index contributed by atoms with van der Waals surface area (Å²) in [4.78, 5) is 32.6. The number of aromatic nitrogens is 1. The van der Waals surface area contributed by atoms with E-state index in [-0.39, 0.29) is 11.8 Å². The van der Waals surface area contributed by atoms with Crippen LogP contribution in [-0.2, 0) is 13.1 Å². The second kappa shape index (κ2) is 7.63. The SMILES string of the molecule is CN(Cc1cscn1)C(=O)c1ccc2cc(-c3ccc4c(c3)CN(C)C4=O)ccc2c1. The molecule has 0 spiro atoms. The quantitative estimate of drug-likeness (QED) is 0.469. The zero-order chi connectivity index (χ0) is 21.5. The Labute approximate surface area is 184 Å². The molecule has 0 saturated heterocycles. The molecule has 5 rings (SSSR count). The number of carbonyl (C=O) groups excluding carboxylic acids is 2. The largest absolute Gasteiger partial charge is 0.337 e. The third kappa shape index (κ3) is 3.59. The number of benzene rings is 3. The van der Waals surface area contributed by atoms with Gasteiger partial charge in [-0.25, -0.2) is 4.98 Å². The number of carbonyl (C=O) groups is 2. The lowest BCUT2D eigenvalue weighted by Gasteiger charge is -2.16. The summed E-state index contributed by atoms with van der Waals surface area (Å²) in [5, 5.41) is 4.05. The summed E-state index contributed by atoms with van der Waals surface area (Å²) in [6, 6.07) is 18.1. The number of hydrogen-bond acceptors (Lipinski definition) is 4. The van der Waals surface area contributed by atoms with Gasteiger partial charge in [-0.1, -0.05) is 24.3 Å². The van der Waals surface area contributed by atoms with Crippen LogP contribution in [0.15, 0.2) is 65.5 Å². The summed E-state index contributed by atoms with van der Waals surface area (Å²) in [6.07, 6.45) is 0. The molecule has 31 heavy (non-hydrogen) atoms. The topological polar surface area (TPSA) is 53.5 Å². The van der Waals surface area contributed by atoms with Crippen molar-refractivity contribution in [2.45, 2.75) is 13.1 Å². The van der Waals surface area contributed by atoms with Crippen LogP contribution in [0.1, 0.15) is 32.0 Å². The van der Waals surface area contributed by atoms with E-state index in [1.165, 1.54) is 11.3 Å². The molecule has 1 aromatic heterocycles. The molecule has 0 aliphatic carbocycles. The van der Waals surface area contributed by atoms with Crippen LogP contribution in [0.25, 0.3) is 21.9 Å². The van der Waals surface area contributed by atoms with Gasteiger partial charge in [-0.05, 0) is 57.8 Å². The van der Waals surface area contributed by atoms with E-state index in [1.807, 2.05) is 48.8 Å². The molecule has 5 nitrogen and oxygen atoms in total. The average molecular weight is 428 g/mol. The lowest BCUT2D eigenvalue weighted by atomic mass is 9.97. The van der Waals surface area contributed by atoms with E-state index in [0.29, 0.717) is 18.7 Å². The minimum absolute atomic E-state index is 0.0219. The lowest BCUT2D eigenvalue weighted by molar-refractivity contribution is 0.0782. The van der Waals surface area contributed by atoms with Crippen LogP contribution in [0.2, 0.25) is 0 Å². The van der Waals surface area contributed by atoms with Gasteiger partial charge in [0.1, 0.15) is 0 Å². The highest BCUT2D eigenvalue weighted by molar-refractivity contribution is 7.07. The Balaban J connectivity index is 1.41. The third-order valence-corrected chi connectivity index (χ3v) is 6.38. The van der Waals surface area contributed by atoms with Crippen LogP contribution < -0.4 is 0 Å². The number of hydrogen-bond donors (Lipinski definition) is 0. The molecule has 4 aromatic rings. The van der Waals surface area contributed by atoms with Crippen LogP contribution >= 0.6 is 11.3 Å². The van der Waals surface area contributed by atoms with Gasteiger partial charge in [-0.3, -0.25) is 9.59 Å². The average Bonchev–Trinajstić information content (AvgIpc) is 3.39. The van der Waals surface area contributed by atoms with Crippen molar-refractivity contribution in [2.75, 3.05) is 14.1 Å². The normalized spacial score (nSPS) is 13.0. The highest BCUT2D eigenvalue weighted by atomic mass is 32.1. The van der Waals surface area contributed by atoms with Gasteiger partial charge in [0.2, 0.25) is 0 Å². The Morgan fingerprint density at radius 3 is 2.61 bits per heavy atom. The molecule has 0 fully saturated rings. The molecule has 0 N–H and O–H groups in total. The first-order valence-corrected chi connectivity index (χ1v) is 11.0. The molecule has 1 aliphatic heterocycles. The van der Waals surface area contributed by atoms with Crippen LogP contribution in [-0.4, -0.2) is 40.7 Å². The zero-order valence-electron chi connectivity index (χ0n) is 17.3. The molecular weight excluding hydrogens is 406 g/mol. The molecule has 2 amide bonds. The van der Waals surface area contributed by atoms with Gasteiger partial charge in [0.15, 0.2) is 0 Å². The fraction of sp³-hybridized carbons (Fsp3) is 0.160. The van der Waals surface area contributed by atoms with E-state index < -0.39 is 0 Å². The second-order valence-corrected chi connectivity index (χ2v) is 8.67. The predicted octanol–water partition coefficient (Wildman–Crippen LogP) is 4.82. The molecule has 2 heterocycles. The van der Waals surface area contributed by atoms with Crippen molar-refractivity contribution in [1.29, 1.82) is 0 Å². The number of amides is 2. The first-order valence-electron chi connectivity index (χ1n) is 10.0. The van der Waals surface area contributed by atoms with Gasteiger partial charge in [-0.2, -0.15) is 0 Å². The van der Waals surface area contributed by atoms with Gasteiger partial charge >= 0.3 is 0 Å². The van der Waals surface area contributed by atoms with E-state index in [9.17, 15) is 9.59 Å². The summed E-state index contributed by atoms with van der Waals surface area (Å²) in [5.74, 6) is 0.0587. The Hall–Kier alpha value is -3.51. The summed E-state index contributed by atoms with van der Waals surface area (Å²) in [5.41, 5.74) is 7.37. The molecule has 0 unspecified atom stereocenters. The fourth-order valence-corrected chi connectivity index (χ4v) is 4.60. The maximum atomic E-state index is 12.8. The minimum atomic E-state index is -0.0219. The van der Waals surface area contributed by atoms with E-state index >= 15 is 0 Å². The van der Waals surface area contributed by atoms with Crippen molar-refractivity contribution in [3.63, 3.8) is 0 Å². The predicted molar refractivity (Wildman–Crippen MR) is 123 cm³/mol. The standard InChI is InChI=1S/C25H21N3O2S/c1-27-12-21-11-19(7-8-23(21)25(27)30)16-3-4-18-10-20(6-5-17(18)9-16)24(29)28(2)13-22-14-31-15-26-22/h3-11,14-15H,12-13H2,1-2H3. The zero-order valence-corrected chi connectivity index (χ0v) is 18.1. The summed E-state index contributed by atoms with van der Waals surface area (Å²) in [6.45, 7) is 1.14. The van der Waals surface area contributed by atoms with Gasteiger partial charge < -0.3 is 9.80 Å². The highest BCUT2D eigenvalue weighted by Crippen LogP contribution is 2.30. The van der Waals surface area contributed by atoms with Gasteiger partial charge in [0.25, 0.3) is 11.8 Å². The molecular formula is C25H21N3O2S. The molecule has 3 aromatic carbocycles. The maximum absolute atomic E-state index is 12.8. The number of thiazole rings is 1. The van der Waals surface area contributed by atoms with Crippen molar-refractivity contribution in [3.8, 4) is 11.1 Å². The fourth-order valence-electron chi connectivity index (χ4n) is 4.05. The molecule has 0 saturated carbocycles. The van der Waals surface area contributed by atoms with E-state index in [1.54, 1.807) is 22.4 Å².